The first-order valence-electron chi connectivity index (χ1n) is 13.1. The van der Waals surface area contributed by atoms with Crippen molar-refractivity contribution >= 4 is 22.8 Å². The molecule has 3 aliphatic rings. The number of rotatable bonds is 7. The average molecular weight is 535 g/mol. The predicted octanol–water partition coefficient (Wildman–Crippen LogP) is 4.84. The number of ether oxygens (including phenoxy) is 2. The molecule has 0 bridgehead atoms. The maximum Gasteiger partial charge on any atom is 0.287 e. The highest BCUT2D eigenvalue weighted by molar-refractivity contribution is 6.00. The number of furan rings is 1. The number of terminal acetylenes is 1. The first kappa shape index (κ1) is 25.4. The Bertz CT molecular complexity index is 1450. The standard InChI is InChI=1S/C30H28F2N2O5/c1-2-28(9-10-28)34-27(36)29(11-13-30(31,32)14-12-29)33-26(35)25-16-21-4-3-20(15-24(21)39-25)19-5-7-22(8-6-19)38-23-17-37-18-23/h1,3-8,15-16,23H,9-14,17-18H2,(H,33,35)(H,34,36). The molecule has 2 heterocycles. The van der Waals surface area contributed by atoms with E-state index in [-0.39, 0.29) is 24.7 Å². The third kappa shape index (κ3) is 5.09. The van der Waals surface area contributed by atoms with Crippen LogP contribution in [0.25, 0.3) is 22.1 Å². The van der Waals surface area contributed by atoms with E-state index in [4.69, 9.17) is 20.3 Å². The summed E-state index contributed by atoms with van der Waals surface area (Å²) in [6.07, 6.45) is 5.47. The number of fused-ring (bicyclic) bond motifs is 1. The lowest BCUT2D eigenvalue weighted by Gasteiger charge is -2.39. The number of hydrogen-bond acceptors (Lipinski definition) is 5. The number of amides is 2. The summed E-state index contributed by atoms with van der Waals surface area (Å²) in [5, 5.41) is 6.23. The van der Waals surface area contributed by atoms with Crippen LogP contribution in [0.15, 0.2) is 52.9 Å². The molecule has 9 heteroatoms. The minimum atomic E-state index is -2.89. The molecule has 1 aromatic heterocycles. The summed E-state index contributed by atoms with van der Waals surface area (Å²) in [5.41, 5.74) is 0.0580. The van der Waals surface area contributed by atoms with Crippen molar-refractivity contribution in [3.05, 3.63) is 54.3 Å². The highest BCUT2D eigenvalue weighted by Gasteiger charge is 2.52. The summed E-state index contributed by atoms with van der Waals surface area (Å²) in [7, 11) is 0. The number of benzene rings is 2. The molecular formula is C30H28F2N2O5. The Balaban J connectivity index is 1.20. The van der Waals surface area contributed by atoms with E-state index < -0.39 is 41.7 Å². The first-order chi connectivity index (χ1) is 18.7. The van der Waals surface area contributed by atoms with Crippen LogP contribution in [0.5, 0.6) is 5.75 Å². The van der Waals surface area contributed by atoms with Gasteiger partial charge in [-0.1, -0.05) is 30.2 Å². The molecule has 39 heavy (non-hydrogen) atoms. The molecular weight excluding hydrogens is 506 g/mol. The molecule has 7 nitrogen and oxygen atoms in total. The van der Waals surface area contributed by atoms with Crippen LogP contribution in [-0.2, 0) is 9.53 Å². The van der Waals surface area contributed by atoms with Crippen LogP contribution in [0.3, 0.4) is 0 Å². The van der Waals surface area contributed by atoms with Crippen molar-refractivity contribution in [3.8, 4) is 29.2 Å². The Hall–Kier alpha value is -3.90. The lowest BCUT2D eigenvalue weighted by atomic mass is 9.78. The van der Waals surface area contributed by atoms with E-state index >= 15 is 0 Å². The lowest BCUT2D eigenvalue weighted by molar-refractivity contribution is -0.133. The van der Waals surface area contributed by atoms with Crippen LogP contribution in [0.1, 0.15) is 49.1 Å². The average Bonchev–Trinajstić information content (AvgIpc) is 3.54. The molecule has 1 saturated heterocycles. The van der Waals surface area contributed by atoms with E-state index in [0.29, 0.717) is 37.0 Å². The van der Waals surface area contributed by atoms with E-state index in [2.05, 4.69) is 16.6 Å². The SMILES string of the molecule is C#CC1(NC(=O)C2(NC(=O)c3cc4ccc(-c5ccc(OC6COC6)cc5)cc4o3)CCC(F)(F)CC2)CC1. The van der Waals surface area contributed by atoms with Crippen LogP contribution in [0, 0.1) is 12.3 Å². The number of nitrogens with one attached hydrogen (secondary N) is 2. The van der Waals surface area contributed by atoms with Gasteiger partial charge in [-0.15, -0.1) is 6.42 Å². The number of carbonyl (C=O) groups is 2. The van der Waals surface area contributed by atoms with Gasteiger partial charge in [-0.2, -0.15) is 0 Å². The minimum absolute atomic E-state index is 0.00351. The van der Waals surface area contributed by atoms with E-state index in [1.54, 1.807) is 6.07 Å². The van der Waals surface area contributed by atoms with Crippen LogP contribution in [-0.4, -0.2) is 48.1 Å². The molecule has 202 valence electrons. The van der Waals surface area contributed by atoms with Gasteiger partial charge in [0.1, 0.15) is 28.5 Å². The van der Waals surface area contributed by atoms with E-state index in [0.717, 1.165) is 16.9 Å². The van der Waals surface area contributed by atoms with E-state index in [1.807, 2.05) is 42.5 Å². The van der Waals surface area contributed by atoms with Crippen molar-refractivity contribution < 1.29 is 32.3 Å². The zero-order chi connectivity index (χ0) is 27.3. The first-order valence-corrected chi connectivity index (χ1v) is 13.1. The summed E-state index contributed by atoms with van der Waals surface area (Å²) in [5.74, 6) is -0.725. The smallest absolute Gasteiger partial charge is 0.287 e. The maximum absolute atomic E-state index is 14.0. The van der Waals surface area contributed by atoms with Gasteiger partial charge in [0, 0.05) is 18.2 Å². The number of hydrogen-bond donors (Lipinski definition) is 2. The summed E-state index contributed by atoms with van der Waals surface area (Å²) in [6.45, 7) is 1.19. The van der Waals surface area contributed by atoms with Crippen molar-refractivity contribution in [3.63, 3.8) is 0 Å². The van der Waals surface area contributed by atoms with Crippen LogP contribution in [0.4, 0.5) is 8.78 Å². The fourth-order valence-corrected chi connectivity index (χ4v) is 5.02. The third-order valence-corrected chi connectivity index (χ3v) is 7.84. The molecule has 0 atom stereocenters. The third-order valence-electron chi connectivity index (χ3n) is 7.84. The Labute approximate surface area is 224 Å². The highest BCUT2D eigenvalue weighted by Crippen LogP contribution is 2.41. The van der Waals surface area contributed by atoms with Gasteiger partial charge in [0.2, 0.25) is 11.8 Å². The molecule has 1 aliphatic heterocycles. The van der Waals surface area contributed by atoms with Crippen molar-refractivity contribution in [2.75, 3.05) is 13.2 Å². The minimum Gasteiger partial charge on any atom is -0.486 e. The second-order valence-electron chi connectivity index (χ2n) is 10.7. The van der Waals surface area contributed by atoms with Gasteiger partial charge in [-0.25, -0.2) is 8.78 Å². The lowest BCUT2D eigenvalue weighted by Crippen LogP contribution is -2.62. The molecule has 2 amide bonds. The molecule has 3 fully saturated rings. The van der Waals surface area contributed by atoms with E-state index in [1.165, 1.54) is 0 Å². The Kier molecular flexibility index (Phi) is 6.11. The molecule has 6 rings (SSSR count). The Morgan fingerprint density at radius 1 is 0.923 bits per heavy atom. The topological polar surface area (TPSA) is 89.8 Å². The molecule has 2 aromatic carbocycles. The van der Waals surface area contributed by atoms with Gasteiger partial charge < -0.3 is 24.5 Å². The van der Waals surface area contributed by atoms with Gasteiger partial charge in [-0.3, -0.25) is 9.59 Å². The van der Waals surface area contributed by atoms with Crippen molar-refractivity contribution in [1.29, 1.82) is 0 Å². The molecule has 0 unspecified atom stereocenters. The number of alkyl halides is 2. The largest absolute Gasteiger partial charge is 0.486 e. The van der Waals surface area contributed by atoms with E-state index in [9.17, 15) is 18.4 Å². The Morgan fingerprint density at radius 3 is 2.23 bits per heavy atom. The monoisotopic (exact) mass is 534 g/mol. The summed E-state index contributed by atoms with van der Waals surface area (Å²) < 4.78 is 44.8. The Morgan fingerprint density at radius 2 is 1.62 bits per heavy atom. The van der Waals surface area contributed by atoms with Crippen LogP contribution in [0.2, 0.25) is 0 Å². The quantitative estimate of drug-likeness (QED) is 0.424. The van der Waals surface area contributed by atoms with Gasteiger partial charge in [0.15, 0.2) is 5.76 Å². The van der Waals surface area contributed by atoms with Crippen molar-refractivity contribution in [2.24, 2.45) is 0 Å². The number of carbonyl (C=O) groups excluding carboxylic acids is 2. The summed E-state index contributed by atoms with van der Waals surface area (Å²) >= 11 is 0. The molecule has 2 aliphatic carbocycles. The summed E-state index contributed by atoms with van der Waals surface area (Å²) in [4.78, 5) is 26.6. The van der Waals surface area contributed by atoms with Crippen molar-refractivity contribution in [2.45, 2.75) is 61.6 Å². The van der Waals surface area contributed by atoms with Gasteiger partial charge in [0.25, 0.3) is 5.91 Å². The van der Waals surface area contributed by atoms with Crippen LogP contribution < -0.4 is 15.4 Å². The predicted molar refractivity (Wildman–Crippen MR) is 139 cm³/mol. The van der Waals surface area contributed by atoms with Gasteiger partial charge >= 0.3 is 0 Å². The normalized spacial score (nSPS) is 20.8. The van der Waals surface area contributed by atoms with Gasteiger partial charge in [0.05, 0.1) is 13.2 Å². The number of halogens is 2. The summed E-state index contributed by atoms with van der Waals surface area (Å²) in [6, 6.07) is 14.8. The fourth-order valence-electron chi connectivity index (χ4n) is 5.02. The highest BCUT2D eigenvalue weighted by atomic mass is 19.3. The fraction of sp³-hybridized carbons (Fsp3) is 0.400. The molecule has 0 spiro atoms. The molecule has 2 N–H and O–H groups in total. The van der Waals surface area contributed by atoms with Crippen molar-refractivity contribution in [1.82, 2.24) is 10.6 Å². The second-order valence-corrected chi connectivity index (χ2v) is 10.7. The molecule has 2 saturated carbocycles. The second kappa shape index (κ2) is 9.38. The van der Waals surface area contributed by atoms with Gasteiger partial charge in [-0.05, 0) is 61.1 Å². The zero-order valence-corrected chi connectivity index (χ0v) is 21.2. The molecule has 3 aromatic rings. The van der Waals surface area contributed by atoms with Crippen LogP contribution >= 0.6 is 0 Å². The zero-order valence-electron chi connectivity index (χ0n) is 21.2. The molecule has 0 radical (unpaired) electrons. The maximum atomic E-state index is 14.0.